The molecule has 1 N–H and O–H groups in total. The van der Waals surface area contributed by atoms with Crippen LogP contribution in [0, 0.1) is 22.0 Å². The predicted octanol–water partition coefficient (Wildman–Crippen LogP) is 4.04. The molecule has 2 aromatic carbocycles. The SMILES string of the molecule is O=C(O)c1ccc([N+](=O)[O-])c(OC2(C#Cc3ccccc3)CCCC2)c1. The number of aromatic carboxylic acids is 1. The summed E-state index contributed by atoms with van der Waals surface area (Å²) in [4.78, 5) is 21.9. The average Bonchev–Trinajstić information content (AvgIpc) is 3.09. The molecule has 132 valence electrons. The highest BCUT2D eigenvalue weighted by molar-refractivity contribution is 5.88. The summed E-state index contributed by atoms with van der Waals surface area (Å²) in [6.45, 7) is 0. The van der Waals surface area contributed by atoms with E-state index in [1.165, 1.54) is 12.1 Å². The Kier molecular flexibility index (Phi) is 4.90. The van der Waals surface area contributed by atoms with E-state index in [2.05, 4.69) is 11.8 Å². The number of nitrogens with zero attached hydrogens (tertiary/aromatic N) is 1. The lowest BCUT2D eigenvalue weighted by Gasteiger charge is -2.24. The number of carbonyl (C=O) groups is 1. The van der Waals surface area contributed by atoms with Gasteiger partial charge in [0.1, 0.15) is 0 Å². The van der Waals surface area contributed by atoms with Gasteiger partial charge in [0.25, 0.3) is 0 Å². The molecule has 1 aliphatic carbocycles. The average molecular weight is 351 g/mol. The van der Waals surface area contributed by atoms with Gasteiger partial charge >= 0.3 is 11.7 Å². The minimum Gasteiger partial charge on any atom is -0.478 e. The van der Waals surface area contributed by atoms with Gasteiger partial charge in [-0.05, 0) is 43.9 Å². The van der Waals surface area contributed by atoms with Crippen LogP contribution < -0.4 is 4.74 Å². The molecule has 1 saturated carbocycles. The van der Waals surface area contributed by atoms with Crippen LogP contribution in [-0.2, 0) is 0 Å². The van der Waals surface area contributed by atoms with Crippen LogP contribution >= 0.6 is 0 Å². The van der Waals surface area contributed by atoms with E-state index in [9.17, 15) is 14.9 Å². The Hall–Kier alpha value is -3.33. The van der Waals surface area contributed by atoms with E-state index in [-0.39, 0.29) is 17.0 Å². The first-order valence-electron chi connectivity index (χ1n) is 8.28. The molecule has 0 atom stereocenters. The fourth-order valence-corrected chi connectivity index (χ4v) is 3.00. The molecular weight excluding hydrogens is 334 g/mol. The van der Waals surface area contributed by atoms with Gasteiger partial charge in [0, 0.05) is 17.7 Å². The fourth-order valence-electron chi connectivity index (χ4n) is 3.00. The Labute approximate surface area is 150 Å². The van der Waals surface area contributed by atoms with Gasteiger partial charge in [-0.3, -0.25) is 10.1 Å². The Bertz CT molecular complexity index is 889. The van der Waals surface area contributed by atoms with Crippen LogP contribution in [0.25, 0.3) is 0 Å². The molecule has 1 aliphatic rings. The summed E-state index contributed by atoms with van der Waals surface area (Å²) in [6, 6.07) is 13.0. The molecule has 1 fully saturated rings. The third-order valence-electron chi connectivity index (χ3n) is 4.33. The number of rotatable bonds is 4. The molecule has 0 radical (unpaired) electrons. The van der Waals surface area contributed by atoms with Crippen molar-refractivity contribution in [3.8, 4) is 17.6 Å². The summed E-state index contributed by atoms with van der Waals surface area (Å²) in [7, 11) is 0. The molecule has 6 nitrogen and oxygen atoms in total. The van der Waals surface area contributed by atoms with Crippen LogP contribution in [0.1, 0.15) is 41.6 Å². The molecule has 0 bridgehead atoms. The minimum absolute atomic E-state index is 0.0563. The summed E-state index contributed by atoms with van der Waals surface area (Å²) >= 11 is 0. The van der Waals surface area contributed by atoms with Crippen molar-refractivity contribution in [1.82, 2.24) is 0 Å². The minimum atomic E-state index is -1.17. The number of ether oxygens (including phenoxy) is 1. The van der Waals surface area contributed by atoms with Gasteiger partial charge in [0.15, 0.2) is 11.4 Å². The molecule has 0 amide bonds. The lowest BCUT2D eigenvalue weighted by atomic mass is 10.0. The van der Waals surface area contributed by atoms with Crippen molar-refractivity contribution >= 4 is 11.7 Å². The molecule has 0 spiro atoms. The summed E-state index contributed by atoms with van der Waals surface area (Å²) in [5.41, 5.74) is -0.341. The van der Waals surface area contributed by atoms with Crippen LogP contribution in [0.4, 0.5) is 5.69 Å². The van der Waals surface area contributed by atoms with Crippen molar-refractivity contribution in [1.29, 1.82) is 0 Å². The monoisotopic (exact) mass is 351 g/mol. The van der Waals surface area contributed by atoms with Gasteiger partial charge in [-0.25, -0.2) is 4.79 Å². The van der Waals surface area contributed by atoms with E-state index in [0.717, 1.165) is 24.5 Å². The third kappa shape index (κ3) is 3.83. The van der Waals surface area contributed by atoms with Crippen molar-refractivity contribution in [2.24, 2.45) is 0 Å². The first-order valence-corrected chi connectivity index (χ1v) is 8.28. The smallest absolute Gasteiger partial charge is 0.335 e. The van der Waals surface area contributed by atoms with Crippen molar-refractivity contribution in [2.45, 2.75) is 31.3 Å². The second-order valence-electron chi connectivity index (χ2n) is 6.16. The van der Waals surface area contributed by atoms with Crippen LogP contribution in [0.2, 0.25) is 0 Å². The Morgan fingerprint density at radius 1 is 1.15 bits per heavy atom. The lowest BCUT2D eigenvalue weighted by Crippen LogP contribution is -2.31. The van der Waals surface area contributed by atoms with E-state index in [1.807, 2.05) is 30.3 Å². The standard InChI is InChI=1S/C20H17NO5/c22-19(23)16-8-9-17(21(24)25)18(14-16)26-20(11-4-5-12-20)13-10-15-6-2-1-3-7-15/h1-3,6-9,14H,4-5,11-12H2,(H,22,23). The van der Waals surface area contributed by atoms with Gasteiger partial charge in [-0.1, -0.05) is 30.0 Å². The normalized spacial score (nSPS) is 14.9. The Morgan fingerprint density at radius 2 is 1.85 bits per heavy atom. The fraction of sp³-hybridized carbons (Fsp3) is 0.250. The first kappa shape index (κ1) is 17.5. The molecule has 6 heteroatoms. The van der Waals surface area contributed by atoms with Gasteiger partial charge in [-0.2, -0.15) is 0 Å². The molecular formula is C20H17NO5. The molecule has 3 rings (SSSR count). The van der Waals surface area contributed by atoms with Crippen LogP contribution in [-0.4, -0.2) is 21.6 Å². The zero-order valence-electron chi connectivity index (χ0n) is 14.0. The molecule has 0 unspecified atom stereocenters. The van der Waals surface area contributed by atoms with Gasteiger partial charge < -0.3 is 9.84 Å². The topological polar surface area (TPSA) is 89.7 Å². The van der Waals surface area contributed by atoms with Crippen LogP contribution in [0.15, 0.2) is 48.5 Å². The lowest BCUT2D eigenvalue weighted by molar-refractivity contribution is -0.386. The summed E-state index contributed by atoms with van der Waals surface area (Å²) in [5.74, 6) is 4.98. The molecule has 26 heavy (non-hydrogen) atoms. The van der Waals surface area contributed by atoms with E-state index in [1.54, 1.807) is 0 Å². The third-order valence-corrected chi connectivity index (χ3v) is 4.33. The predicted molar refractivity (Wildman–Crippen MR) is 95.2 cm³/mol. The summed E-state index contributed by atoms with van der Waals surface area (Å²) < 4.78 is 5.99. The Morgan fingerprint density at radius 3 is 2.46 bits per heavy atom. The molecule has 0 aliphatic heterocycles. The first-order chi connectivity index (χ1) is 12.5. The highest BCUT2D eigenvalue weighted by Gasteiger charge is 2.36. The Balaban J connectivity index is 1.98. The van der Waals surface area contributed by atoms with Crippen molar-refractivity contribution < 1.29 is 19.6 Å². The largest absolute Gasteiger partial charge is 0.478 e. The second-order valence-corrected chi connectivity index (χ2v) is 6.16. The molecule has 0 heterocycles. The van der Waals surface area contributed by atoms with Crippen molar-refractivity contribution in [3.63, 3.8) is 0 Å². The molecule has 0 saturated heterocycles. The number of hydrogen-bond donors (Lipinski definition) is 1. The number of hydrogen-bond acceptors (Lipinski definition) is 4. The van der Waals surface area contributed by atoms with E-state index in [4.69, 9.17) is 9.84 Å². The number of carboxylic acid groups (broad SMARTS) is 1. The van der Waals surface area contributed by atoms with E-state index in [0.29, 0.717) is 12.8 Å². The van der Waals surface area contributed by atoms with Gasteiger partial charge in [0.05, 0.1) is 10.5 Å². The number of nitro benzene ring substituents is 1. The van der Waals surface area contributed by atoms with Gasteiger partial charge in [-0.15, -0.1) is 0 Å². The molecule has 2 aromatic rings. The van der Waals surface area contributed by atoms with Crippen molar-refractivity contribution in [3.05, 3.63) is 69.8 Å². The van der Waals surface area contributed by atoms with Crippen LogP contribution in [0.3, 0.4) is 0 Å². The van der Waals surface area contributed by atoms with E-state index >= 15 is 0 Å². The van der Waals surface area contributed by atoms with Crippen LogP contribution in [0.5, 0.6) is 5.75 Å². The highest BCUT2D eigenvalue weighted by Crippen LogP contribution is 2.38. The maximum absolute atomic E-state index is 11.3. The van der Waals surface area contributed by atoms with Crippen molar-refractivity contribution in [2.75, 3.05) is 0 Å². The van der Waals surface area contributed by atoms with Gasteiger partial charge in [0.2, 0.25) is 0 Å². The quantitative estimate of drug-likeness (QED) is 0.510. The highest BCUT2D eigenvalue weighted by atomic mass is 16.6. The maximum Gasteiger partial charge on any atom is 0.335 e. The number of benzene rings is 2. The molecule has 0 aromatic heterocycles. The summed E-state index contributed by atoms with van der Waals surface area (Å²) in [5, 5.41) is 20.5. The zero-order chi connectivity index (χ0) is 18.6. The second kappa shape index (κ2) is 7.28. The maximum atomic E-state index is 11.3. The number of nitro groups is 1. The zero-order valence-corrected chi connectivity index (χ0v) is 14.0. The number of carboxylic acids is 1. The summed E-state index contributed by atoms with van der Waals surface area (Å²) in [6.07, 6.45) is 3.08. The van der Waals surface area contributed by atoms with E-state index < -0.39 is 16.5 Å².